The molecule has 1 aromatic heterocycles. The van der Waals surface area contributed by atoms with Crippen LogP contribution in [0.5, 0.6) is 5.88 Å². The highest BCUT2D eigenvalue weighted by atomic mass is 19.3. The Morgan fingerprint density at radius 1 is 1.04 bits per heavy atom. The van der Waals surface area contributed by atoms with Crippen molar-refractivity contribution in [1.29, 1.82) is 0 Å². The van der Waals surface area contributed by atoms with Gasteiger partial charge >= 0.3 is 6.09 Å². The highest BCUT2D eigenvalue weighted by Crippen LogP contribution is 2.42. The minimum absolute atomic E-state index is 0.0734. The number of alkyl halides is 2. The van der Waals surface area contributed by atoms with Gasteiger partial charge in [0.1, 0.15) is 0 Å². The van der Waals surface area contributed by atoms with Crippen molar-refractivity contribution >= 4 is 28.4 Å². The lowest BCUT2D eigenvalue weighted by Gasteiger charge is -2.35. The van der Waals surface area contributed by atoms with Crippen molar-refractivity contribution in [2.45, 2.75) is 57.4 Å². The van der Waals surface area contributed by atoms with E-state index in [2.05, 4.69) is 26.5 Å². The number of hydrogen-bond donors (Lipinski definition) is 3. The molecule has 0 radical (unpaired) electrons. The monoisotopic (exact) mass is 627 g/mol. The lowest BCUT2D eigenvalue weighted by Crippen LogP contribution is -2.41. The van der Waals surface area contributed by atoms with E-state index in [0.29, 0.717) is 37.1 Å². The van der Waals surface area contributed by atoms with E-state index in [4.69, 9.17) is 14.6 Å². The molecule has 1 amide bonds. The number of likely N-dealkylation sites (tertiary alicyclic amines) is 1. The van der Waals surface area contributed by atoms with Gasteiger partial charge in [-0.15, -0.1) is 10.2 Å². The van der Waals surface area contributed by atoms with Crippen LogP contribution >= 0.6 is 0 Å². The van der Waals surface area contributed by atoms with Gasteiger partial charge in [-0.2, -0.15) is 0 Å². The van der Waals surface area contributed by atoms with Crippen molar-refractivity contribution < 1.29 is 33.3 Å². The molecule has 3 N–H and O–H groups in total. The number of hydrogen-bond acceptors (Lipinski definition) is 8. The molecule has 0 saturated carbocycles. The third-order valence-electron chi connectivity index (χ3n) is 8.80. The van der Waals surface area contributed by atoms with E-state index in [1.807, 2.05) is 25.1 Å². The molecule has 2 saturated heterocycles. The summed E-state index contributed by atoms with van der Waals surface area (Å²) in [5.74, 6) is -3.05. The van der Waals surface area contributed by atoms with Crippen LogP contribution in [0.2, 0.25) is 0 Å². The normalized spacial score (nSPS) is 17.0. The van der Waals surface area contributed by atoms with Crippen LogP contribution in [-0.2, 0) is 10.7 Å². The van der Waals surface area contributed by atoms with Gasteiger partial charge in [-0.3, -0.25) is 0 Å². The molecule has 0 aliphatic carbocycles. The van der Waals surface area contributed by atoms with E-state index in [-0.39, 0.29) is 44.1 Å². The van der Waals surface area contributed by atoms with Crippen LogP contribution in [0.3, 0.4) is 0 Å². The molecule has 0 spiro atoms. The van der Waals surface area contributed by atoms with Crippen LogP contribution in [0.25, 0.3) is 10.8 Å². The van der Waals surface area contributed by atoms with Crippen molar-refractivity contribution in [2.24, 2.45) is 5.92 Å². The van der Waals surface area contributed by atoms with Gasteiger partial charge in [0.2, 0.25) is 5.88 Å². The Morgan fingerprint density at radius 2 is 1.80 bits per heavy atom. The van der Waals surface area contributed by atoms with Crippen molar-refractivity contribution in [2.75, 3.05) is 62.8 Å². The number of piperidine rings is 1. The maximum absolute atomic E-state index is 15.7. The second-order valence-electron chi connectivity index (χ2n) is 11.8. The average Bonchev–Trinajstić information content (AvgIpc) is 3.07. The topological polar surface area (TPSA) is 120 Å². The van der Waals surface area contributed by atoms with Crippen LogP contribution in [0.1, 0.15) is 62.6 Å². The molecule has 244 valence electrons. The number of benzene rings is 2. The highest BCUT2D eigenvalue weighted by molar-refractivity contribution is 5.97. The molecule has 3 aromatic rings. The number of unbranched alkanes of at least 4 members (excludes halogenated alkanes) is 3. The van der Waals surface area contributed by atoms with Gasteiger partial charge in [0.25, 0.3) is 5.92 Å². The molecule has 0 bridgehead atoms. The minimum atomic E-state index is -3.09. The summed E-state index contributed by atoms with van der Waals surface area (Å²) in [6.45, 7) is 5.64. The number of rotatable bonds is 13. The van der Waals surface area contributed by atoms with E-state index in [1.54, 1.807) is 6.07 Å². The van der Waals surface area contributed by atoms with Gasteiger partial charge in [0.05, 0.1) is 25.9 Å². The number of amides is 1. The molecule has 3 heterocycles. The lowest BCUT2D eigenvalue weighted by atomic mass is 9.85. The number of nitrogens with zero attached hydrogens (tertiary/aromatic N) is 4. The Kier molecular flexibility index (Phi) is 10.9. The number of aliphatic hydroxyl groups is 1. The minimum Gasteiger partial charge on any atom is -0.476 e. The number of morpholine rings is 1. The van der Waals surface area contributed by atoms with Gasteiger partial charge in [-0.25, -0.2) is 13.6 Å². The van der Waals surface area contributed by atoms with Crippen molar-refractivity contribution in [3.05, 3.63) is 53.6 Å². The third-order valence-corrected chi connectivity index (χ3v) is 8.80. The predicted molar refractivity (Wildman–Crippen MR) is 168 cm³/mol. The summed E-state index contributed by atoms with van der Waals surface area (Å²) >= 11 is 0. The second-order valence-corrected chi connectivity index (χ2v) is 11.8. The van der Waals surface area contributed by atoms with Crippen molar-refractivity contribution in [3.8, 4) is 5.88 Å². The fourth-order valence-corrected chi connectivity index (χ4v) is 6.06. The van der Waals surface area contributed by atoms with Gasteiger partial charge in [-0.05, 0) is 68.9 Å². The van der Waals surface area contributed by atoms with Crippen LogP contribution in [0.15, 0.2) is 42.5 Å². The number of aliphatic hydroxyl groups excluding tert-OH is 1. The summed E-state index contributed by atoms with van der Waals surface area (Å²) in [5, 5.41) is 32.1. The molecule has 1 atom stereocenters. The number of ether oxygens (including phenoxy) is 2. The Bertz CT molecular complexity index is 1430. The number of aromatic nitrogens is 2. The summed E-state index contributed by atoms with van der Waals surface area (Å²) in [6, 6.07) is 12.2. The van der Waals surface area contributed by atoms with E-state index < -0.39 is 17.9 Å². The van der Waals surface area contributed by atoms with Crippen LogP contribution in [0, 0.1) is 5.92 Å². The SMILES string of the molecule is C[C@@H](Nc1nnc(OCCCCCCO)c2ccc(N3CCOCC3)cc12)c1cccc(C(F)(F)C2CCN(C(=O)O)CC2)c1. The molecule has 10 nitrogen and oxygen atoms in total. The number of anilines is 2. The summed E-state index contributed by atoms with van der Waals surface area (Å²) in [4.78, 5) is 14.7. The van der Waals surface area contributed by atoms with Gasteiger partial charge in [0, 0.05) is 60.7 Å². The molecule has 5 rings (SSSR count). The number of carboxylic acid groups (broad SMARTS) is 1. The van der Waals surface area contributed by atoms with Gasteiger partial charge in [0.15, 0.2) is 5.82 Å². The van der Waals surface area contributed by atoms with Gasteiger partial charge < -0.3 is 34.8 Å². The van der Waals surface area contributed by atoms with Gasteiger partial charge in [-0.1, -0.05) is 24.6 Å². The maximum Gasteiger partial charge on any atom is 0.407 e. The molecular weight excluding hydrogens is 584 g/mol. The smallest absolute Gasteiger partial charge is 0.407 e. The zero-order chi connectivity index (χ0) is 31.8. The molecular formula is C33H43F2N5O5. The number of fused-ring (bicyclic) bond motifs is 1. The Balaban J connectivity index is 1.36. The standard InChI is InChI=1S/C33H43F2N5O5/c1-23(24-7-6-8-26(21-24)33(34,35)25-11-13-40(14-12-25)32(42)43)36-30-29-22-27(39-15-19-44-20-16-39)9-10-28(29)31(38-37-30)45-18-5-3-2-4-17-41/h6-10,21-23,25,41H,2-5,11-20H2,1H3,(H,36,37)(H,42,43)/t23-/m1/s1. The van der Waals surface area contributed by atoms with E-state index in [1.165, 1.54) is 17.0 Å². The molecule has 45 heavy (non-hydrogen) atoms. The molecule has 2 aliphatic heterocycles. The largest absolute Gasteiger partial charge is 0.476 e. The summed E-state index contributed by atoms with van der Waals surface area (Å²) in [7, 11) is 0. The first kappa shape index (κ1) is 32.6. The Morgan fingerprint density at radius 3 is 2.53 bits per heavy atom. The Labute approximate surface area is 262 Å². The molecule has 2 aromatic carbocycles. The highest BCUT2D eigenvalue weighted by Gasteiger charge is 2.43. The first-order chi connectivity index (χ1) is 21.8. The van der Waals surface area contributed by atoms with E-state index in [9.17, 15) is 9.90 Å². The number of nitrogens with one attached hydrogen (secondary N) is 1. The average molecular weight is 628 g/mol. The molecule has 2 fully saturated rings. The molecule has 0 unspecified atom stereocenters. The van der Waals surface area contributed by atoms with Crippen molar-refractivity contribution in [1.82, 2.24) is 15.1 Å². The second kappa shape index (κ2) is 15.0. The third kappa shape index (κ3) is 7.91. The van der Waals surface area contributed by atoms with Crippen LogP contribution in [-0.4, -0.2) is 84.0 Å². The maximum atomic E-state index is 15.7. The van der Waals surface area contributed by atoms with Crippen LogP contribution in [0.4, 0.5) is 25.1 Å². The lowest BCUT2D eigenvalue weighted by molar-refractivity contribution is -0.0836. The summed E-state index contributed by atoms with van der Waals surface area (Å²) in [5.41, 5.74) is 1.63. The first-order valence-corrected chi connectivity index (χ1v) is 15.9. The molecule has 12 heteroatoms. The quantitative estimate of drug-likeness (QED) is 0.195. The molecule has 2 aliphatic rings. The first-order valence-electron chi connectivity index (χ1n) is 15.9. The van der Waals surface area contributed by atoms with E-state index in [0.717, 1.165) is 55.2 Å². The predicted octanol–water partition coefficient (Wildman–Crippen LogP) is 6.05. The Hall–Kier alpha value is -3.77. The zero-order valence-electron chi connectivity index (χ0n) is 25.8. The number of carbonyl (C=O) groups is 1. The fraction of sp³-hybridized carbons (Fsp3) is 0.545. The number of halogens is 2. The van der Waals surface area contributed by atoms with Crippen molar-refractivity contribution in [3.63, 3.8) is 0 Å². The fourth-order valence-electron chi connectivity index (χ4n) is 6.06. The van der Waals surface area contributed by atoms with Crippen LogP contribution < -0.4 is 15.0 Å². The van der Waals surface area contributed by atoms with E-state index >= 15 is 8.78 Å². The summed E-state index contributed by atoms with van der Waals surface area (Å²) in [6.07, 6.45) is 2.66. The zero-order valence-corrected chi connectivity index (χ0v) is 25.8. The summed E-state index contributed by atoms with van der Waals surface area (Å²) < 4.78 is 42.9.